The summed E-state index contributed by atoms with van der Waals surface area (Å²) in [5, 5.41) is 0.596. The van der Waals surface area contributed by atoms with Gasteiger partial charge < -0.3 is 0 Å². The Hall–Kier alpha value is 0.440. The molecule has 0 nitrogen and oxygen atoms in total. The zero-order chi connectivity index (χ0) is 6.57. The number of hydrogen-bond donors (Lipinski definition) is 2. The van der Waals surface area contributed by atoms with Crippen LogP contribution in [0.25, 0.3) is 0 Å². The van der Waals surface area contributed by atoms with Gasteiger partial charge in [0, 0.05) is 10.5 Å². The molecule has 0 aromatic rings. The molecule has 0 aromatic heterocycles. The SMILES string of the molecule is C=CC(S)C(S)CC. The minimum Gasteiger partial charge on any atom is -0.174 e. The van der Waals surface area contributed by atoms with Gasteiger partial charge in [-0.15, -0.1) is 6.58 Å². The van der Waals surface area contributed by atoms with Crippen LogP contribution in [0.3, 0.4) is 0 Å². The van der Waals surface area contributed by atoms with Crippen LogP contribution >= 0.6 is 25.3 Å². The molecule has 2 atom stereocenters. The molecule has 0 aliphatic carbocycles. The lowest BCUT2D eigenvalue weighted by atomic mass is 10.2. The fourth-order valence-electron chi connectivity index (χ4n) is 0.399. The fraction of sp³-hybridized carbons (Fsp3) is 0.667. The van der Waals surface area contributed by atoms with E-state index in [9.17, 15) is 0 Å². The van der Waals surface area contributed by atoms with E-state index in [4.69, 9.17) is 0 Å². The third-order valence-corrected chi connectivity index (χ3v) is 2.55. The van der Waals surface area contributed by atoms with Gasteiger partial charge in [-0.05, 0) is 6.42 Å². The molecule has 48 valence electrons. The Kier molecular flexibility index (Phi) is 4.57. The number of hydrogen-bond acceptors (Lipinski definition) is 2. The van der Waals surface area contributed by atoms with Gasteiger partial charge in [0.25, 0.3) is 0 Å². The number of rotatable bonds is 3. The molecule has 0 heterocycles. The molecule has 2 heteroatoms. The quantitative estimate of drug-likeness (QED) is 0.445. The Labute approximate surface area is 62.2 Å². The maximum atomic E-state index is 4.26. The normalized spacial score (nSPS) is 17.4. The van der Waals surface area contributed by atoms with E-state index in [1.165, 1.54) is 0 Å². The second-order valence-corrected chi connectivity index (χ2v) is 2.96. The van der Waals surface area contributed by atoms with Crippen LogP contribution in [0.1, 0.15) is 13.3 Å². The largest absolute Gasteiger partial charge is 0.174 e. The van der Waals surface area contributed by atoms with E-state index in [0.717, 1.165) is 6.42 Å². The monoisotopic (exact) mass is 148 g/mol. The molecule has 2 unspecified atom stereocenters. The van der Waals surface area contributed by atoms with Crippen LogP contribution < -0.4 is 0 Å². The third-order valence-electron chi connectivity index (χ3n) is 1.05. The van der Waals surface area contributed by atoms with Gasteiger partial charge in [0.1, 0.15) is 0 Å². The molecule has 0 saturated carbocycles. The molecule has 0 aliphatic rings. The Morgan fingerprint density at radius 1 is 1.62 bits per heavy atom. The van der Waals surface area contributed by atoms with Crippen LogP contribution in [-0.2, 0) is 0 Å². The van der Waals surface area contributed by atoms with Crippen molar-refractivity contribution in [3.63, 3.8) is 0 Å². The highest BCUT2D eigenvalue weighted by Crippen LogP contribution is 2.12. The summed E-state index contributed by atoms with van der Waals surface area (Å²) >= 11 is 8.47. The second kappa shape index (κ2) is 4.33. The summed E-state index contributed by atoms with van der Waals surface area (Å²) in [4.78, 5) is 0. The fourth-order valence-corrected chi connectivity index (χ4v) is 0.731. The van der Waals surface area contributed by atoms with Crippen molar-refractivity contribution >= 4 is 25.3 Å². The van der Waals surface area contributed by atoms with Crippen molar-refractivity contribution in [1.29, 1.82) is 0 Å². The van der Waals surface area contributed by atoms with Gasteiger partial charge in [-0.25, -0.2) is 0 Å². The Morgan fingerprint density at radius 3 is 2.25 bits per heavy atom. The summed E-state index contributed by atoms with van der Waals surface area (Å²) in [6, 6.07) is 0. The lowest BCUT2D eigenvalue weighted by molar-refractivity contribution is 0.860. The predicted molar refractivity (Wildman–Crippen MR) is 46.0 cm³/mol. The van der Waals surface area contributed by atoms with Crippen molar-refractivity contribution in [2.75, 3.05) is 0 Å². The zero-order valence-corrected chi connectivity index (χ0v) is 6.83. The summed E-state index contributed by atoms with van der Waals surface area (Å²) in [5.41, 5.74) is 0. The molecule has 0 saturated heterocycles. The third kappa shape index (κ3) is 2.68. The zero-order valence-electron chi connectivity index (χ0n) is 5.04. The molecule has 0 fully saturated rings. The highest BCUT2D eigenvalue weighted by Gasteiger charge is 2.05. The summed E-state index contributed by atoms with van der Waals surface area (Å²) in [6.45, 7) is 5.69. The van der Waals surface area contributed by atoms with Crippen molar-refractivity contribution < 1.29 is 0 Å². The smallest absolute Gasteiger partial charge is 0.0310 e. The van der Waals surface area contributed by atoms with Crippen molar-refractivity contribution in [1.82, 2.24) is 0 Å². The van der Waals surface area contributed by atoms with Gasteiger partial charge in [0.15, 0.2) is 0 Å². The molecule has 0 N–H and O–H groups in total. The predicted octanol–water partition coefficient (Wildman–Crippen LogP) is 2.18. The molecule has 0 amide bonds. The molecule has 8 heavy (non-hydrogen) atoms. The molecule has 0 bridgehead atoms. The van der Waals surface area contributed by atoms with E-state index in [-0.39, 0.29) is 5.25 Å². The van der Waals surface area contributed by atoms with Crippen LogP contribution in [0.4, 0.5) is 0 Å². The standard InChI is InChI=1S/C6H12S2/c1-3-5(7)6(8)4-2/h3,5-8H,1,4H2,2H3. The van der Waals surface area contributed by atoms with Gasteiger partial charge in [-0.3, -0.25) is 0 Å². The average Bonchev–Trinajstić information content (AvgIpc) is 1.84. The van der Waals surface area contributed by atoms with E-state index in [1.54, 1.807) is 0 Å². The van der Waals surface area contributed by atoms with Crippen LogP contribution in [0.15, 0.2) is 12.7 Å². The summed E-state index contributed by atoms with van der Waals surface area (Å²) < 4.78 is 0. The lowest BCUT2D eigenvalue weighted by Gasteiger charge is -2.10. The van der Waals surface area contributed by atoms with E-state index < -0.39 is 0 Å². The van der Waals surface area contributed by atoms with Gasteiger partial charge >= 0.3 is 0 Å². The van der Waals surface area contributed by atoms with Gasteiger partial charge in [0.05, 0.1) is 0 Å². The van der Waals surface area contributed by atoms with E-state index in [2.05, 4.69) is 38.8 Å². The minimum absolute atomic E-state index is 0.239. The van der Waals surface area contributed by atoms with Crippen LogP contribution in [-0.4, -0.2) is 10.5 Å². The molecule has 0 spiro atoms. The van der Waals surface area contributed by atoms with Gasteiger partial charge in [-0.2, -0.15) is 25.3 Å². The minimum atomic E-state index is 0.239. The highest BCUT2D eigenvalue weighted by molar-refractivity contribution is 7.85. The molecule has 0 rings (SSSR count). The first kappa shape index (κ1) is 8.44. The van der Waals surface area contributed by atoms with Gasteiger partial charge in [0.2, 0.25) is 0 Å². The van der Waals surface area contributed by atoms with Crippen LogP contribution in [0, 0.1) is 0 Å². The van der Waals surface area contributed by atoms with Crippen molar-refractivity contribution in [3.8, 4) is 0 Å². The first-order valence-electron chi connectivity index (χ1n) is 2.71. The molecule has 0 aromatic carbocycles. The summed E-state index contributed by atoms with van der Waals surface area (Å²) in [6.07, 6.45) is 2.85. The first-order valence-corrected chi connectivity index (χ1v) is 3.74. The van der Waals surface area contributed by atoms with Crippen molar-refractivity contribution in [2.45, 2.75) is 23.8 Å². The van der Waals surface area contributed by atoms with Gasteiger partial charge in [-0.1, -0.05) is 13.0 Å². The summed E-state index contributed by atoms with van der Waals surface area (Å²) in [7, 11) is 0. The topological polar surface area (TPSA) is 0 Å². The molecule has 0 aliphatic heterocycles. The van der Waals surface area contributed by atoms with Crippen LogP contribution in [0.2, 0.25) is 0 Å². The maximum absolute atomic E-state index is 4.26. The molecule has 0 radical (unpaired) electrons. The highest BCUT2D eigenvalue weighted by atomic mass is 32.1. The molecular formula is C6H12S2. The Bertz CT molecular complexity index is 70.9. The Balaban J connectivity index is 3.44. The van der Waals surface area contributed by atoms with Crippen LogP contribution in [0.5, 0.6) is 0 Å². The van der Waals surface area contributed by atoms with Crippen molar-refractivity contribution in [3.05, 3.63) is 12.7 Å². The average molecular weight is 148 g/mol. The van der Waals surface area contributed by atoms with E-state index in [1.807, 2.05) is 6.08 Å². The second-order valence-electron chi connectivity index (χ2n) is 1.70. The summed E-state index contributed by atoms with van der Waals surface area (Å²) in [5.74, 6) is 0. The maximum Gasteiger partial charge on any atom is 0.0310 e. The lowest BCUT2D eigenvalue weighted by Crippen LogP contribution is -2.09. The van der Waals surface area contributed by atoms with Crippen molar-refractivity contribution in [2.24, 2.45) is 0 Å². The first-order chi connectivity index (χ1) is 3.72. The van der Waals surface area contributed by atoms with E-state index in [0.29, 0.717) is 5.25 Å². The van der Waals surface area contributed by atoms with E-state index >= 15 is 0 Å². The number of thiol groups is 2. The Morgan fingerprint density at radius 2 is 2.12 bits per heavy atom. The molecular weight excluding hydrogens is 136 g/mol.